The highest BCUT2D eigenvalue weighted by molar-refractivity contribution is 7.11. The SMILES string of the molecule is O=c1c(Cl)nsc(Cl)c1Cl. The van der Waals surface area contributed by atoms with Crippen molar-refractivity contribution in [2.24, 2.45) is 0 Å². The van der Waals surface area contributed by atoms with Crippen LogP contribution in [0.15, 0.2) is 4.79 Å². The molecule has 0 amide bonds. The monoisotopic (exact) mass is 215 g/mol. The van der Waals surface area contributed by atoms with E-state index in [0.29, 0.717) is 0 Å². The smallest absolute Gasteiger partial charge is 0.237 e. The molecular formula is C4Cl3NOS. The predicted molar refractivity (Wildman–Crippen MR) is 43.4 cm³/mol. The maximum atomic E-state index is 10.8. The van der Waals surface area contributed by atoms with Gasteiger partial charge in [-0.25, -0.2) is 0 Å². The Morgan fingerprint density at radius 2 is 1.90 bits per heavy atom. The van der Waals surface area contributed by atoms with Crippen LogP contribution < -0.4 is 5.43 Å². The zero-order valence-electron chi connectivity index (χ0n) is 4.40. The molecule has 6 heteroatoms. The van der Waals surface area contributed by atoms with Crippen molar-refractivity contribution in [3.63, 3.8) is 0 Å². The van der Waals surface area contributed by atoms with Gasteiger partial charge in [0.1, 0.15) is 9.36 Å². The third kappa shape index (κ3) is 1.42. The lowest BCUT2D eigenvalue weighted by Crippen LogP contribution is -2.02. The molecule has 1 aromatic heterocycles. The van der Waals surface area contributed by atoms with E-state index in [0.717, 1.165) is 11.5 Å². The highest BCUT2D eigenvalue weighted by Crippen LogP contribution is 2.21. The molecule has 1 heterocycles. The molecule has 0 aliphatic carbocycles. The van der Waals surface area contributed by atoms with Crippen molar-refractivity contribution in [1.82, 2.24) is 4.37 Å². The van der Waals surface area contributed by atoms with Gasteiger partial charge in [-0.3, -0.25) is 4.79 Å². The van der Waals surface area contributed by atoms with Gasteiger partial charge in [-0.1, -0.05) is 34.8 Å². The molecule has 54 valence electrons. The van der Waals surface area contributed by atoms with Crippen molar-refractivity contribution in [3.05, 3.63) is 24.7 Å². The summed E-state index contributed by atoms with van der Waals surface area (Å²) in [5, 5.41) is -0.203. The van der Waals surface area contributed by atoms with Crippen LogP contribution in [0.3, 0.4) is 0 Å². The lowest BCUT2D eigenvalue weighted by atomic mass is 10.6. The Balaban J connectivity index is 3.50. The largest absolute Gasteiger partial charge is 0.285 e. The number of hydrogen-bond donors (Lipinski definition) is 0. The normalized spacial score (nSPS) is 9.90. The molecule has 0 atom stereocenters. The predicted octanol–water partition coefficient (Wildman–Crippen LogP) is 2.46. The van der Waals surface area contributed by atoms with Gasteiger partial charge in [-0.15, -0.1) is 0 Å². The maximum Gasteiger partial charge on any atom is 0.237 e. The van der Waals surface area contributed by atoms with E-state index >= 15 is 0 Å². The van der Waals surface area contributed by atoms with Crippen molar-refractivity contribution in [2.75, 3.05) is 0 Å². The van der Waals surface area contributed by atoms with E-state index in [1.165, 1.54) is 0 Å². The van der Waals surface area contributed by atoms with E-state index in [4.69, 9.17) is 34.8 Å². The Kier molecular flexibility index (Phi) is 2.52. The van der Waals surface area contributed by atoms with E-state index in [1.54, 1.807) is 0 Å². The molecule has 0 N–H and O–H groups in total. The van der Waals surface area contributed by atoms with Crippen LogP contribution in [-0.2, 0) is 0 Å². The van der Waals surface area contributed by atoms with Gasteiger partial charge in [0, 0.05) is 0 Å². The van der Waals surface area contributed by atoms with Crippen LogP contribution >= 0.6 is 46.3 Å². The summed E-state index contributed by atoms with van der Waals surface area (Å²) in [5.74, 6) is 0. The van der Waals surface area contributed by atoms with E-state index in [-0.39, 0.29) is 14.5 Å². The molecule has 0 aliphatic heterocycles. The summed E-state index contributed by atoms with van der Waals surface area (Å²) in [6.45, 7) is 0. The number of hydrogen-bond acceptors (Lipinski definition) is 3. The quantitative estimate of drug-likeness (QED) is 0.667. The van der Waals surface area contributed by atoms with Gasteiger partial charge in [0.15, 0.2) is 5.15 Å². The standard InChI is InChI=1S/C4Cl3NOS/c5-1-2(9)3(6)8-10-4(1)7. The lowest BCUT2D eigenvalue weighted by molar-refractivity contribution is 1.46. The van der Waals surface area contributed by atoms with Crippen molar-refractivity contribution in [3.8, 4) is 0 Å². The number of rotatable bonds is 0. The summed E-state index contributed by atoms with van der Waals surface area (Å²) in [4.78, 5) is 10.8. The Labute approximate surface area is 75.5 Å². The van der Waals surface area contributed by atoms with Gasteiger partial charge < -0.3 is 0 Å². The zero-order valence-corrected chi connectivity index (χ0v) is 7.48. The molecule has 0 aliphatic rings. The van der Waals surface area contributed by atoms with Gasteiger partial charge >= 0.3 is 0 Å². The summed E-state index contributed by atoms with van der Waals surface area (Å²) >= 11 is 17.1. The van der Waals surface area contributed by atoms with Crippen LogP contribution in [0.5, 0.6) is 0 Å². The van der Waals surface area contributed by atoms with Gasteiger partial charge in [0.25, 0.3) is 0 Å². The molecule has 1 aromatic rings. The summed E-state index contributed by atoms with van der Waals surface area (Å²) < 4.78 is 3.68. The molecule has 0 spiro atoms. The third-order valence-electron chi connectivity index (χ3n) is 0.765. The molecule has 0 aromatic carbocycles. The molecular weight excluding hydrogens is 216 g/mol. The fourth-order valence-corrected chi connectivity index (χ4v) is 1.39. The highest BCUT2D eigenvalue weighted by atomic mass is 35.5. The molecule has 2 nitrogen and oxygen atoms in total. The first-order valence-corrected chi connectivity index (χ1v) is 4.04. The minimum Gasteiger partial charge on any atom is -0.285 e. The van der Waals surface area contributed by atoms with Crippen LogP contribution in [0.4, 0.5) is 0 Å². The van der Waals surface area contributed by atoms with E-state index < -0.39 is 5.43 Å². The number of nitrogens with zero attached hydrogens (tertiary/aromatic N) is 1. The second-order valence-corrected chi connectivity index (χ2v) is 3.50. The third-order valence-corrected chi connectivity index (χ3v) is 2.73. The fraction of sp³-hybridized carbons (Fsp3) is 0. The van der Waals surface area contributed by atoms with Crippen LogP contribution in [0.1, 0.15) is 0 Å². The van der Waals surface area contributed by atoms with E-state index in [9.17, 15) is 4.79 Å². The van der Waals surface area contributed by atoms with E-state index in [2.05, 4.69) is 4.37 Å². The van der Waals surface area contributed by atoms with Crippen LogP contribution in [0.2, 0.25) is 14.5 Å². The minimum atomic E-state index is -0.521. The van der Waals surface area contributed by atoms with Crippen molar-refractivity contribution in [2.45, 2.75) is 0 Å². The highest BCUT2D eigenvalue weighted by Gasteiger charge is 2.06. The summed E-state index contributed by atoms with van der Waals surface area (Å²) in [5.41, 5.74) is -0.521. The molecule has 0 saturated heterocycles. The van der Waals surface area contributed by atoms with Gasteiger partial charge in [-0.2, -0.15) is 4.37 Å². The Morgan fingerprint density at radius 3 is 2.40 bits per heavy atom. The average molecular weight is 216 g/mol. The Bertz CT molecular complexity index is 310. The molecule has 1 rings (SSSR count). The first-order chi connectivity index (χ1) is 4.63. The van der Waals surface area contributed by atoms with E-state index in [1.807, 2.05) is 0 Å². The molecule has 10 heavy (non-hydrogen) atoms. The second-order valence-electron chi connectivity index (χ2n) is 1.39. The number of halogens is 3. The van der Waals surface area contributed by atoms with Gasteiger partial charge in [-0.05, 0) is 11.5 Å². The summed E-state index contributed by atoms with van der Waals surface area (Å²) in [6, 6.07) is 0. The van der Waals surface area contributed by atoms with Gasteiger partial charge in [0.2, 0.25) is 5.43 Å². The molecule has 0 saturated carbocycles. The number of aromatic nitrogens is 1. The van der Waals surface area contributed by atoms with Crippen LogP contribution in [0, 0.1) is 0 Å². The maximum absolute atomic E-state index is 10.8. The first kappa shape index (κ1) is 8.27. The Hall–Kier alpha value is 0.170. The van der Waals surface area contributed by atoms with Gasteiger partial charge in [0.05, 0.1) is 0 Å². The fourth-order valence-electron chi connectivity index (χ4n) is 0.341. The molecule has 0 fully saturated rings. The minimum absolute atomic E-state index is 0.0633. The first-order valence-electron chi connectivity index (χ1n) is 2.13. The zero-order chi connectivity index (χ0) is 7.72. The second kappa shape index (κ2) is 3.05. The van der Waals surface area contributed by atoms with Crippen LogP contribution in [0.25, 0.3) is 0 Å². The summed E-state index contributed by atoms with van der Waals surface area (Å²) in [7, 11) is 0. The lowest BCUT2D eigenvalue weighted by Gasteiger charge is -1.89. The average Bonchev–Trinajstić information content (AvgIpc) is 1.93. The molecule has 0 radical (unpaired) electrons. The van der Waals surface area contributed by atoms with Crippen molar-refractivity contribution >= 4 is 46.3 Å². The van der Waals surface area contributed by atoms with Crippen LogP contribution in [-0.4, -0.2) is 4.37 Å². The Morgan fingerprint density at radius 1 is 1.30 bits per heavy atom. The van der Waals surface area contributed by atoms with Crippen molar-refractivity contribution < 1.29 is 0 Å². The molecule has 0 bridgehead atoms. The summed E-state index contributed by atoms with van der Waals surface area (Å²) in [6.07, 6.45) is 0. The topological polar surface area (TPSA) is 30.0 Å². The molecule has 0 unspecified atom stereocenters. The van der Waals surface area contributed by atoms with Crippen molar-refractivity contribution in [1.29, 1.82) is 0 Å².